The van der Waals surface area contributed by atoms with E-state index >= 15 is 0 Å². The van der Waals surface area contributed by atoms with Gasteiger partial charge in [-0.15, -0.1) is 0 Å². The van der Waals surface area contributed by atoms with Gasteiger partial charge in [-0.1, -0.05) is 13.0 Å². The quantitative estimate of drug-likeness (QED) is 0.353. The Kier molecular flexibility index (Phi) is 4.42. The number of aliphatic carboxylic acids is 2. The largest absolute Gasteiger partial charge is 0.479 e. The van der Waals surface area contributed by atoms with E-state index in [0.29, 0.717) is 6.42 Å². The van der Waals surface area contributed by atoms with Crippen LogP contribution in [-0.4, -0.2) is 81.4 Å². The lowest BCUT2D eigenvalue weighted by Gasteiger charge is -2.47. The number of aliphatic hydroxyl groups is 1. The van der Waals surface area contributed by atoms with Crippen molar-refractivity contribution in [3.8, 4) is 0 Å². The Bertz CT molecular complexity index is 991. The van der Waals surface area contributed by atoms with E-state index in [1.54, 1.807) is 6.92 Å². The molecule has 0 aromatic rings. The zero-order valence-electron chi connectivity index (χ0n) is 18.3. The Labute approximate surface area is 188 Å². The van der Waals surface area contributed by atoms with Gasteiger partial charge in [-0.05, 0) is 26.2 Å². The average Bonchev–Trinajstić information content (AvgIpc) is 3.35. The first-order chi connectivity index (χ1) is 15.4. The fraction of sp³-hybridized carbons (Fsp3) is 0.727. The van der Waals surface area contributed by atoms with E-state index in [1.165, 1.54) is 13.0 Å². The molecule has 0 aromatic heterocycles. The fourth-order valence-electron chi connectivity index (χ4n) is 8.09. The minimum absolute atomic E-state index is 0.0111. The standard InChI is InChI=1S/C22H26O11/c1-9-7-12-19-8-13-21(29,10(2)17(27)31-13)22(19,18(28)32-12)33-11(3)20(9,19)15(16(25)26)30-6-4-5-14(23)24/h4-5,9-13,15,29H,6-8H2,1-3H3,(H,23,24)(H,25,26)/b5-4+/t9-,10?,11-,12?,13+,15+,19-,20?,21-,22-/m1/s1. The van der Waals surface area contributed by atoms with E-state index in [-0.39, 0.29) is 18.9 Å². The Morgan fingerprint density at radius 3 is 2.52 bits per heavy atom. The second-order valence-electron chi connectivity index (χ2n) is 9.85. The molecule has 5 aliphatic rings. The van der Waals surface area contributed by atoms with Crippen LogP contribution in [0.5, 0.6) is 0 Å². The smallest absolute Gasteiger partial charge is 0.342 e. The molecule has 0 radical (unpaired) electrons. The number of rotatable bonds is 6. The summed E-state index contributed by atoms with van der Waals surface area (Å²) < 4.78 is 23.3. The highest BCUT2D eigenvalue weighted by molar-refractivity contribution is 5.92. The van der Waals surface area contributed by atoms with E-state index in [0.717, 1.165) is 6.08 Å². The number of esters is 2. The topological polar surface area (TPSA) is 166 Å². The molecule has 33 heavy (non-hydrogen) atoms. The van der Waals surface area contributed by atoms with Gasteiger partial charge in [-0.25, -0.2) is 14.4 Å². The highest BCUT2D eigenvalue weighted by Crippen LogP contribution is 2.82. The predicted octanol–water partition coefficient (Wildman–Crippen LogP) is -0.111. The predicted molar refractivity (Wildman–Crippen MR) is 105 cm³/mol. The SMILES string of the molecule is CC1C(=O)O[C@H]2C[C@@]34C5C[C@@H](C)C3([C@@H](OC/C=C/C(=O)O)C(=O)O)[C@@H](C)O[C@@]4(C(=O)O5)[C@@]12O. The van der Waals surface area contributed by atoms with Gasteiger partial charge in [-0.3, -0.25) is 4.79 Å². The zero-order valence-corrected chi connectivity index (χ0v) is 18.3. The van der Waals surface area contributed by atoms with E-state index in [4.69, 9.17) is 24.1 Å². The van der Waals surface area contributed by atoms with Gasteiger partial charge >= 0.3 is 23.9 Å². The molecule has 11 heteroatoms. The lowest BCUT2D eigenvalue weighted by molar-refractivity contribution is -0.206. The zero-order chi connectivity index (χ0) is 24.1. The molecule has 3 aliphatic heterocycles. The molecule has 5 fully saturated rings. The van der Waals surface area contributed by atoms with E-state index in [1.807, 2.05) is 6.92 Å². The van der Waals surface area contributed by atoms with Crippen molar-refractivity contribution in [2.75, 3.05) is 6.61 Å². The molecule has 10 atom stereocenters. The van der Waals surface area contributed by atoms with Gasteiger partial charge in [0.15, 0.2) is 11.7 Å². The van der Waals surface area contributed by atoms with Crippen LogP contribution in [0, 0.1) is 22.7 Å². The Hall–Kier alpha value is -2.50. The minimum Gasteiger partial charge on any atom is -0.479 e. The van der Waals surface area contributed by atoms with Crippen LogP contribution >= 0.6 is 0 Å². The molecule has 2 saturated carbocycles. The third-order valence-corrected chi connectivity index (χ3v) is 9.01. The summed E-state index contributed by atoms with van der Waals surface area (Å²) in [7, 11) is 0. The van der Waals surface area contributed by atoms with Crippen molar-refractivity contribution in [2.24, 2.45) is 22.7 Å². The molecule has 3 saturated heterocycles. The number of fused-ring (bicyclic) bond motifs is 1. The molecule has 0 bridgehead atoms. The summed E-state index contributed by atoms with van der Waals surface area (Å²) in [5.74, 6) is -5.45. The number of ether oxygens (including phenoxy) is 4. The summed E-state index contributed by atoms with van der Waals surface area (Å²) in [5.41, 5.74) is -6.65. The van der Waals surface area contributed by atoms with Gasteiger partial charge in [0.05, 0.1) is 24.0 Å². The van der Waals surface area contributed by atoms with Crippen LogP contribution in [0.4, 0.5) is 0 Å². The molecule has 180 valence electrons. The molecule has 0 aromatic carbocycles. The second-order valence-corrected chi connectivity index (χ2v) is 9.85. The van der Waals surface area contributed by atoms with E-state index < -0.39 is 76.2 Å². The van der Waals surface area contributed by atoms with Gasteiger partial charge in [0.2, 0.25) is 5.60 Å². The van der Waals surface area contributed by atoms with Crippen LogP contribution in [0.3, 0.4) is 0 Å². The number of carbonyl (C=O) groups is 4. The third-order valence-electron chi connectivity index (χ3n) is 9.01. The van der Waals surface area contributed by atoms with Gasteiger partial charge in [-0.2, -0.15) is 0 Å². The Morgan fingerprint density at radius 1 is 1.18 bits per heavy atom. The van der Waals surface area contributed by atoms with Gasteiger partial charge < -0.3 is 34.3 Å². The van der Waals surface area contributed by atoms with Gasteiger partial charge in [0.1, 0.15) is 12.2 Å². The number of carboxylic acids is 2. The Morgan fingerprint density at radius 2 is 1.88 bits per heavy atom. The first-order valence-corrected chi connectivity index (χ1v) is 11.0. The van der Waals surface area contributed by atoms with Crippen molar-refractivity contribution < 1.29 is 53.4 Å². The first kappa shape index (κ1) is 22.3. The summed E-state index contributed by atoms with van der Waals surface area (Å²) in [6.07, 6.45) is -1.83. The highest BCUT2D eigenvalue weighted by Gasteiger charge is 2.98. The molecule has 5 rings (SSSR count). The lowest BCUT2D eigenvalue weighted by atomic mass is 9.52. The van der Waals surface area contributed by atoms with Crippen LogP contribution in [0.2, 0.25) is 0 Å². The van der Waals surface area contributed by atoms with Crippen LogP contribution < -0.4 is 0 Å². The second kappa shape index (κ2) is 6.55. The van der Waals surface area contributed by atoms with Crippen molar-refractivity contribution in [1.82, 2.24) is 0 Å². The number of carboxylic acid groups (broad SMARTS) is 2. The maximum atomic E-state index is 13.4. The highest BCUT2D eigenvalue weighted by atomic mass is 16.6. The van der Waals surface area contributed by atoms with Crippen molar-refractivity contribution >= 4 is 23.9 Å². The molecule has 11 nitrogen and oxygen atoms in total. The van der Waals surface area contributed by atoms with Crippen molar-refractivity contribution in [1.29, 1.82) is 0 Å². The summed E-state index contributed by atoms with van der Waals surface area (Å²) in [6.45, 7) is 4.64. The van der Waals surface area contributed by atoms with Crippen molar-refractivity contribution in [2.45, 2.75) is 69.2 Å². The number of hydrogen-bond donors (Lipinski definition) is 3. The fourth-order valence-corrected chi connectivity index (χ4v) is 8.09. The number of hydrogen-bond acceptors (Lipinski definition) is 9. The molecular formula is C22H26O11. The van der Waals surface area contributed by atoms with Gasteiger partial charge in [0.25, 0.3) is 0 Å². The molecule has 2 aliphatic carbocycles. The summed E-state index contributed by atoms with van der Waals surface area (Å²) in [5, 5.41) is 31.0. The van der Waals surface area contributed by atoms with Crippen molar-refractivity contribution in [3.63, 3.8) is 0 Å². The Balaban J connectivity index is 1.69. The van der Waals surface area contributed by atoms with Crippen LogP contribution in [0.15, 0.2) is 12.2 Å². The van der Waals surface area contributed by atoms with Gasteiger partial charge in [0, 0.05) is 17.9 Å². The van der Waals surface area contributed by atoms with Crippen LogP contribution in [0.25, 0.3) is 0 Å². The van der Waals surface area contributed by atoms with E-state index in [9.17, 15) is 29.4 Å². The van der Waals surface area contributed by atoms with Crippen LogP contribution in [0.1, 0.15) is 33.6 Å². The summed E-state index contributed by atoms with van der Waals surface area (Å²) in [6, 6.07) is 0. The summed E-state index contributed by atoms with van der Waals surface area (Å²) >= 11 is 0. The van der Waals surface area contributed by atoms with Crippen LogP contribution in [-0.2, 0) is 38.1 Å². The van der Waals surface area contributed by atoms with E-state index in [2.05, 4.69) is 0 Å². The molecule has 3 unspecified atom stereocenters. The first-order valence-electron chi connectivity index (χ1n) is 11.0. The normalized spacial score (nSPS) is 50.1. The molecular weight excluding hydrogens is 440 g/mol. The van der Waals surface area contributed by atoms with Crippen molar-refractivity contribution in [3.05, 3.63) is 12.2 Å². The molecule has 0 amide bonds. The maximum Gasteiger partial charge on any atom is 0.342 e. The maximum absolute atomic E-state index is 13.4. The monoisotopic (exact) mass is 466 g/mol. The number of carbonyl (C=O) groups excluding carboxylic acids is 2. The molecule has 1 spiro atoms. The summed E-state index contributed by atoms with van der Waals surface area (Å²) in [4.78, 5) is 49.2. The minimum atomic E-state index is -2.03. The third kappa shape index (κ3) is 2.08. The average molecular weight is 466 g/mol. The molecule has 3 heterocycles. The molecule has 3 N–H and O–H groups in total. The lowest BCUT2D eigenvalue weighted by Crippen LogP contribution is -2.66.